The maximum absolute atomic E-state index is 9.50. The third kappa shape index (κ3) is 9.44. The third-order valence-electron chi connectivity index (χ3n) is 2.05. The molecule has 1 N–H and O–H groups in total. The molecular formula is C19H29NO. The molecule has 116 valence electrons. The smallest absolute Gasteiger partial charge is 0.124 e. The number of para-hydroxylation sites is 2. The van der Waals surface area contributed by atoms with Gasteiger partial charge in [0, 0.05) is 11.8 Å². The summed E-state index contributed by atoms with van der Waals surface area (Å²) in [4.78, 5) is 4.25. The lowest BCUT2D eigenvalue weighted by Crippen LogP contribution is -1.80. The van der Waals surface area contributed by atoms with E-state index in [1.165, 1.54) is 0 Å². The Morgan fingerprint density at radius 1 is 0.714 bits per heavy atom. The maximum Gasteiger partial charge on any atom is 0.124 e. The fourth-order valence-electron chi connectivity index (χ4n) is 1.25. The van der Waals surface area contributed by atoms with Gasteiger partial charge in [-0.3, -0.25) is 4.99 Å². The van der Waals surface area contributed by atoms with Gasteiger partial charge in [0.05, 0.1) is 5.69 Å². The van der Waals surface area contributed by atoms with Crippen molar-refractivity contribution in [2.24, 2.45) is 4.99 Å². The molecule has 21 heavy (non-hydrogen) atoms. The average Bonchev–Trinajstić information content (AvgIpc) is 2.60. The van der Waals surface area contributed by atoms with Crippen LogP contribution in [0.4, 0.5) is 5.69 Å². The summed E-state index contributed by atoms with van der Waals surface area (Å²) in [6.07, 6.45) is 1.66. The first-order valence-corrected chi connectivity index (χ1v) is 7.73. The molecule has 0 aliphatic carbocycles. The van der Waals surface area contributed by atoms with E-state index >= 15 is 0 Å². The van der Waals surface area contributed by atoms with Crippen LogP contribution in [-0.4, -0.2) is 11.3 Å². The Balaban J connectivity index is 0. The molecule has 0 heterocycles. The van der Waals surface area contributed by atoms with Gasteiger partial charge in [-0.15, -0.1) is 0 Å². The van der Waals surface area contributed by atoms with E-state index < -0.39 is 0 Å². The lowest BCUT2D eigenvalue weighted by atomic mass is 10.2. The number of phenols is 1. The van der Waals surface area contributed by atoms with E-state index in [2.05, 4.69) is 4.99 Å². The monoisotopic (exact) mass is 287 g/mol. The summed E-state index contributed by atoms with van der Waals surface area (Å²) in [7, 11) is 0. The van der Waals surface area contributed by atoms with Crippen molar-refractivity contribution < 1.29 is 5.11 Å². The topological polar surface area (TPSA) is 32.6 Å². The molecule has 0 aromatic heterocycles. The van der Waals surface area contributed by atoms with Crippen LogP contribution in [-0.2, 0) is 0 Å². The predicted molar refractivity (Wildman–Crippen MR) is 95.8 cm³/mol. The molecule has 0 amide bonds. The van der Waals surface area contributed by atoms with Crippen LogP contribution >= 0.6 is 0 Å². The van der Waals surface area contributed by atoms with Gasteiger partial charge >= 0.3 is 0 Å². The van der Waals surface area contributed by atoms with Gasteiger partial charge in [-0.05, 0) is 24.3 Å². The summed E-state index contributed by atoms with van der Waals surface area (Å²) < 4.78 is 0. The second-order valence-electron chi connectivity index (χ2n) is 3.15. The van der Waals surface area contributed by atoms with E-state index in [-0.39, 0.29) is 5.75 Å². The van der Waals surface area contributed by atoms with Crippen molar-refractivity contribution in [3.63, 3.8) is 0 Å². The SMILES string of the molecule is CC.CC.CC.Oc1ccccc1C=Nc1ccccc1. The highest BCUT2D eigenvalue weighted by atomic mass is 16.3. The van der Waals surface area contributed by atoms with E-state index in [4.69, 9.17) is 0 Å². The van der Waals surface area contributed by atoms with Crippen molar-refractivity contribution in [3.05, 3.63) is 60.2 Å². The van der Waals surface area contributed by atoms with Crippen molar-refractivity contribution >= 4 is 11.9 Å². The lowest BCUT2D eigenvalue weighted by molar-refractivity contribution is 0.474. The first-order valence-electron chi connectivity index (χ1n) is 7.73. The zero-order valence-corrected chi connectivity index (χ0v) is 14.2. The lowest BCUT2D eigenvalue weighted by Gasteiger charge is -1.96. The van der Waals surface area contributed by atoms with Gasteiger partial charge in [0.1, 0.15) is 5.75 Å². The first kappa shape index (κ1) is 21.2. The highest BCUT2D eigenvalue weighted by Gasteiger charge is 1.94. The Kier molecular flexibility index (Phi) is 16.1. The summed E-state index contributed by atoms with van der Waals surface area (Å²) in [5, 5.41) is 9.50. The van der Waals surface area contributed by atoms with E-state index in [0.717, 1.165) is 11.3 Å². The quantitative estimate of drug-likeness (QED) is 0.653. The molecule has 2 nitrogen and oxygen atoms in total. The van der Waals surface area contributed by atoms with Crippen LogP contribution in [0.3, 0.4) is 0 Å². The number of rotatable bonds is 2. The zero-order valence-electron chi connectivity index (χ0n) is 14.2. The summed E-state index contributed by atoms with van der Waals surface area (Å²) in [6, 6.07) is 16.7. The van der Waals surface area contributed by atoms with Crippen LogP contribution < -0.4 is 0 Å². The molecule has 0 atom stereocenters. The first-order chi connectivity index (χ1) is 10.4. The zero-order chi connectivity index (χ0) is 16.5. The second-order valence-corrected chi connectivity index (χ2v) is 3.15. The van der Waals surface area contributed by atoms with Gasteiger partial charge in [0.15, 0.2) is 0 Å². The summed E-state index contributed by atoms with van der Waals surface area (Å²) in [5.41, 5.74) is 1.60. The Morgan fingerprint density at radius 2 is 1.19 bits per heavy atom. The van der Waals surface area contributed by atoms with Crippen LogP contribution in [0.1, 0.15) is 47.1 Å². The molecule has 0 spiro atoms. The Hall–Kier alpha value is -2.09. The largest absolute Gasteiger partial charge is 0.507 e. The van der Waals surface area contributed by atoms with Crippen molar-refractivity contribution in [2.45, 2.75) is 41.5 Å². The minimum atomic E-state index is 0.247. The molecule has 0 fully saturated rings. The predicted octanol–water partition coefficient (Wildman–Crippen LogP) is 6.22. The van der Waals surface area contributed by atoms with E-state index in [9.17, 15) is 5.11 Å². The third-order valence-corrected chi connectivity index (χ3v) is 2.05. The van der Waals surface area contributed by atoms with Crippen LogP contribution in [0.2, 0.25) is 0 Å². The number of aliphatic imine (C=N–C) groups is 1. The number of phenolic OH excluding ortho intramolecular Hbond substituents is 1. The van der Waals surface area contributed by atoms with Crippen LogP contribution in [0, 0.1) is 0 Å². The fourth-order valence-corrected chi connectivity index (χ4v) is 1.25. The van der Waals surface area contributed by atoms with E-state index in [0.29, 0.717) is 0 Å². The molecular weight excluding hydrogens is 258 g/mol. The molecule has 0 aliphatic rings. The highest BCUT2D eigenvalue weighted by Crippen LogP contribution is 2.15. The molecule has 0 saturated carbocycles. The van der Waals surface area contributed by atoms with Crippen LogP contribution in [0.25, 0.3) is 0 Å². The Labute approximate surface area is 130 Å². The van der Waals surface area contributed by atoms with Gasteiger partial charge < -0.3 is 5.11 Å². The van der Waals surface area contributed by atoms with Crippen molar-refractivity contribution in [3.8, 4) is 5.75 Å². The average molecular weight is 287 g/mol. The Morgan fingerprint density at radius 3 is 1.71 bits per heavy atom. The van der Waals surface area contributed by atoms with Crippen LogP contribution in [0.15, 0.2) is 59.6 Å². The molecule has 0 saturated heterocycles. The minimum Gasteiger partial charge on any atom is -0.507 e. The maximum atomic E-state index is 9.50. The van der Waals surface area contributed by atoms with E-state index in [1.807, 2.05) is 84.0 Å². The highest BCUT2D eigenvalue weighted by molar-refractivity contribution is 5.85. The number of hydrogen-bond donors (Lipinski definition) is 1. The molecule has 2 heteroatoms. The Bertz CT molecular complexity index is 464. The van der Waals surface area contributed by atoms with Gasteiger partial charge in [0.25, 0.3) is 0 Å². The van der Waals surface area contributed by atoms with E-state index in [1.54, 1.807) is 18.3 Å². The van der Waals surface area contributed by atoms with Gasteiger partial charge in [-0.25, -0.2) is 0 Å². The van der Waals surface area contributed by atoms with Gasteiger partial charge in [-0.2, -0.15) is 0 Å². The molecule has 2 aromatic rings. The summed E-state index contributed by atoms with van der Waals surface area (Å²) >= 11 is 0. The van der Waals surface area contributed by atoms with Crippen molar-refractivity contribution in [2.75, 3.05) is 0 Å². The molecule has 2 rings (SSSR count). The standard InChI is InChI=1S/C13H11NO.3C2H6/c15-13-9-5-4-6-11(13)10-14-12-7-2-1-3-8-12;3*1-2/h1-10,15H;3*1-2H3. The number of nitrogens with zero attached hydrogens (tertiary/aromatic N) is 1. The second kappa shape index (κ2) is 16.0. The molecule has 0 bridgehead atoms. The molecule has 0 aliphatic heterocycles. The normalized spacial score (nSPS) is 8.48. The van der Waals surface area contributed by atoms with Gasteiger partial charge in [0.2, 0.25) is 0 Å². The number of benzene rings is 2. The fraction of sp³-hybridized carbons (Fsp3) is 0.316. The summed E-state index contributed by atoms with van der Waals surface area (Å²) in [6.45, 7) is 12.0. The number of aromatic hydroxyl groups is 1. The number of hydrogen-bond acceptors (Lipinski definition) is 2. The molecule has 2 aromatic carbocycles. The van der Waals surface area contributed by atoms with Gasteiger partial charge in [-0.1, -0.05) is 71.9 Å². The minimum absolute atomic E-state index is 0.247. The van der Waals surface area contributed by atoms with Crippen molar-refractivity contribution in [1.82, 2.24) is 0 Å². The van der Waals surface area contributed by atoms with Crippen LogP contribution in [0.5, 0.6) is 5.75 Å². The van der Waals surface area contributed by atoms with Crippen molar-refractivity contribution in [1.29, 1.82) is 0 Å². The molecule has 0 unspecified atom stereocenters. The summed E-state index contributed by atoms with van der Waals surface area (Å²) in [5.74, 6) is 0.247. The molecule has 0 radical (unpaired) electrons.